The van der Waals surface area contributed by atoms with Gasteiger partial charge in [-0.05, 0) is 6.42 Å². The first-order valence-corrected chi connectivity index (χ1v) is 8.71. The number of rotatable bonds is 14. The Kier molecular flexibility index (Phi) is 15.7. The van der Waals surface area contributed by atoms with Crippen LogP contribution in [0.2, 0.25) is 0 Å². The zero-order chi connectivity index (χ0) is 14.2. The van der Waals surface area contributed by atoms with Crippen molar-refractivity contribution >= 4 is 18.6 Å². The first-order valence-electron chi connectivity index (χ1n) is 8.07. The van der Waals surface area contributed by atoms with Crippen LogP contribution in [-0.2, 0) is 9.53 Å². The maximum absolute atomic E-state index is 11.1. The van der Waals surface area contributed by atoms with Gasteiger partial charge in [-0.15, -0.1) is 0 Å². The van der Waals surface area contributed by atoms with Gasteiger partial charge in [0.2, 0.25) is 0 Å². The minimum Gasteiger partial charge on any atom is -0.466 e. The van der Waals surface area contributed by atoms with E-state index < -0.39 is 0 Å². The van der Waals surface area contributed by atoms with E-state index in [-0.39, 0.29) is 5.97 Å². The van der Waals surface area contributed by atoms with Gasteiger partial charge in [-0.1, -0.05) is 71.1 Å². The van der Waals surface area contributed by atoms with Crippen LogP contribution in [0.15, 0.2) is 0 Å². The molecule has 0 heterocycles. The molecule has 0 aromatic rings. The van der Waals surface area contributed by atoms with Crippen molar-refractivity contribution in [2.24, 2.45) is 0 Å². The molecule has 0 amide bonds. The third-order valence-corrected chi connectivity index (χ3v) is 3.55. The maximum Gasteiger partial charge on any atom is 0.306 e. The van der Waals surface area contributed by atoms with Crippen molar-refractivity contribution in [1.29, 1.82) is 0 Å². The van der Waals surface area contributed by atoms with Crippen molar-refractivity contribution in [2.45, 2.75) is 84.0 Å². The Morgan fingerprint density at radius 1 is 0.842 bits per heavy atom. The molecule has 0 saturated heterocycles. The van der Waals surface area contributed by atoms with Crippen LogP contribution in [0.4, 0.5) is 0 Å². The summed E-state index contributed by atoms with van der Waals surface area (Å²) in [5.74, 6) is 0.471. The average Bonchev–Trinajstić information content (AvgIpc) is 2.40. The largest absolute Gasteiger partial charge is 0.466 e. The van der Waals surface area contributed by atoms with E-state index in [1.807, 2.05) is 0 Å². The van der Waals surface area contributed by atoms with Crippen LogP contribution in [0.5, 0.6) is 0 Å². The minimum atomic E-state index is -0.109. The minimum absolute atomic E-state index is 0.109. The summed E-state index contributed by atoms with van der Waals surface area (Å²) in [6.45, 7) is 2.85. The zero-order valence-corrected chi connectivity index (χ0v) is 13.6. The summed E-state index contributed by atoms with van der Waals surface area (Å²) in [5.41, 5.74) is 0. The van der Waals surface area contributed by atoms with Crippen LogP contribution < -0.4 is 0 Å². The lowest BCUT2D eigenvalue weighted by Crippen LogP contribution is -2.06. The number of esters is 1. The summed E-state index contributed by atoms with van der Waals surface area (Å²) in [4.78, 5) is 11.1. The van der Waals surface area contributed by atoms with E-state index in [2.05, 4.69) is 19.6 Å². The Labute approximate surface area is 125 Å². The van der Waals surface area contributed by atoms with Crippen LogP contribution >= 0.6 is 12.6 Å². The van der Waals surface area contributed by atoms with E-state index in [0.717, 1.165) is 6.42 Å². The summed E-state index contributed by atoms with van der Waals surface area (Å²) >= 11 is 4.00. The molecule has 0 rings (SSSR count). The Bertz CT molecular complexity index is 195. The Morgan fingerprint density at radius 2 is 1.32 bits per heavy atom. The molecular weight excluding hydrogens is 256 g/mol. The van der Waals surface area contributed by atoms with E-state index in [1.165, 1.54) is 64.2 Å². The van der Waals surface area contributed by atoms with Crippen LogP contribution in [0, 0.1) is 0 Å². The summed E-state index contributed by atoms with van der Waals surface area (Å²) < 4.78 is 5.08. The lowest BCUT2D eigenvalue weighted by Gasteiger charge is -2.04. The molecule has 0 radical (unpaired) electrons. The number of thiol groups is 1. The van der Waals surface area contributed by atoms with Gasteiger partial charge in [-0.3, -0.25) is 4.79 Å². The van der Waals surface area contributed by atoms with Gasteiger partial charge in [0.15, 0.2) is 0 Å². The standard InChI is InChI=1S/C16H32O2S/c1-2-3-4-5-6-7-8-9-10-11-12-14-18-16(17)13-15-19/h19H,2-15H2,1H3. The van der Waals surface area contributed by atoms with Crippen molar-refractivity contribution in [2.75, 3.05) is 12.4 Å². The lowest BCUT2D eigenvalue weighted by molar-refractivity contribution is -0.143. The molecule has 0 fully saturated rings. The molecule has 114 valence electrons. The summed E-state index contributed by atoms with van der Waals surface area (Å²) in [5, 5.41) is 0. The monoisotopic (exact) mass is 288 g/mol. The lowest BCUT2D eigenvalue weighted by atomic mass is 10.1. The molecule has 19 heavy (non-hydrogen) atoms. The Morgan fingerprint density at radius 3 is 1.79 bits per heavy atom. The molecule has 0 aliphatic rings. The van der Waals surface area contributed by atoms with Crippen LogP contribution in [0.1, 0.15) is 84.0 Å². The number of carbonyl (C=O) groups is 1. The van der Waals surface area contributed by atoms with Gasteiger partial charge in [0.1, 0.15) is 0 Å². The van der Waals surface area contributed by atoms with Crippen molar-refractivity contribution in [3.8, 4) is 0 Å². The maximum atomic E-state index is 11.1. The van der Waals surface area contributed by atoms with Crippen molar-refractivity contribution in [3.05, 3.63) is 0 Å². The molecule has 3 heteroatoms. The third-order valence-electron chi connectivity index (χ3n) is 3.33. The van der Waals surface area contributed by atoms with Crippen LogP contribution in [-0.4, -0.2) is 18.3 Å². The van der Waals surface area contributed by atoms with E-state index in [9.17, 15) is 4.79 Å². The predicted octanol–water partition coefficient (Wildman–Crippen LogP) is 5.16. The molecule has 0 aromatic heterocycles. The molecule has 2 nitrogen and oxygen atoms in total. The van der Waals surface area contributed by atoms with Crippen molar-refractivity contribution < 1.29 is 9.53 Å². The van der Waals surface area contributed by atoms with Gasteiger partial charge >= 0.3 is 5.97 Å². The van der Waals surface area contributed by atoms with Gasteiger partial charge < -0.3 is 4.74 Å². The number of hydrogen-bond donors (Lipinski definition) is 1. The summed E-state index contributed by atoms with van der Waals surface area (Å²) in [7, 11) is 0. The average molecular weight is 288 g/mol. The van der Waals surface area contributed by atoms with Gasteiger partial charge in [0, 0.05) is 5.75 Å². The fourth-order valence-corrected chi connectivity index (χ4v) is 2.30. The number of unbranched alkanes of at least 4 members (excludes halogenated alkanes) is 10. The highest BCUT2D eigenvalue weighted by molar-refractivity contribution is 7.80. The molecule has 0 aliphatic carbocycles. The fraction of sp³-hybridized carbons (Fsp3) is 0.938. The fourth-order valence-electron chi connectivity index (χ4n) is 2.12. The van der Waals surface area contributed by atoms with Gasteiger partial charge in [-0.25, -0.2) is 0 Å². The highest BCUT2D eigenvalue weighted by atomic mass is 32.1. The first-order chi connectivity index (χ1) is 9.31. The van der Waals surface area contributed by atoms with E-state index in [4.69, 9.17) is 4.74 Å². The SMILES string of the molecule is CCCCCCCCCCCCCOC(=O)CCS. The van der Waals surface area contributed by atoms with Gasteiger partial charge in [-0.2, -0.15) is 12.6 Å². The quantitative estimate of drug-likeness (QED) is 0.271. The molecule has 0 N–H and O–H groups in total. The van der Waals surface area contributed by atoms with E-state index in [0.29, 0.717) is 18.8 Å². The predicted molar refractivity (Wildman–Crippen MR) is 85.9 cm³/mol. The van der Waals surface area contributed by atoms with Gasteiger partial charge in [0.25, 0.3) is 0 Å². The second-order valence-electron chi connectivity index (χ2n) is 5.23. The van der Waals surface area contributed by atoms with Gasteiger partial charge in [0.05, 0.1) is 13.0 Å². The third kappa shape index (κ3) is 15.8. The second-order valence-corrected chi connectivity index (χ2v) is 5.68. The molecule has 0 unspecified atom stereocenters. The number of carbonyl (C=O) groups excluding carboxylic acids is 1. The normalized spacial score (nSPS) is 10.6. The molecule has 0 spiro atoms. The molecule has 0 atom stereocenters. The highest BCUT2D eigenvalue weighted by Crippen LogP contribution is 2.11. The van der Waals surface area contributed by atoms with E-state index in [1.54, 1.807) is 0 Å². The Balaban J connectivity index is 3.01. The smallest absolute Gasteiger partial charge is 0.306 e. The summed E-state index contributed by atoms with van der Waals surface area (Å²) in [6, 6.07) is 0. The van der Waals surface area contributed by atoms with Crippen LogP contribution in [0.3, 0.4) is 0 Å². The second kappa shape index (κ2) is 15.9. The molecule has 0 aliphatic heterocycles. The van der Waals surface area contributed by atoms with Crippen molar-refractivity contribution in [1.82, 2.24) is 0 Å². The first kappa shape index (κ1) is 18.8. The molecule has 0 bridgehead atoms. The number of hydrogen-bond acceptors (Lipinski definition) is 3. The molecular formula is C16H32O2S. The molecule has 0 saturated carbocycles. The zero-order valence-electron chi connectivity index (χ0n) is 12.7. The number of ether oxygens (including phenoxy) is 1. The molecule has 0 aromatic carbocycles. The topological polar surface area (TPSA) is 26.3 Å². The summed E-state index contributed by atoms with van der Waals surface area (Å²) in [6.07, 6.45) is 14.9. The van der Waals surface area contributed by atoms with E-state index >= 15 is 0 Å². The Hall–Kier alpha value is -0.180. The van der Waals surface area contributed by atoms with Crippen LogP contribution in [0.25, 0.3) is 0 Å². The highest BCUT2D eigenvalue weighted by Gasteiger charge is 1.99. The van der Waals surface area contributed by atoms with Crippen molar-refractivity contribution in [3.63, 3.8) is 0 Å².